The van der Waals surface area contributed by atoms with Gasteiger partial charge < -0.3 is 15.0 Å². The topological polar surface area (TPSA) is 119 Å². The van der Waals surface area contributed by atoms with Crippen molar-refractivity contribution in [2.45, 2.75) is 32.1 Å². The number of methoxy groups -OCH3 is 1. The summed E-state index contributed by atoms with van der Waals surface area (Å²) in [6, 6.07) is 3.43. The van der Waals surface area contributed by atoms with Crippen LogP contribution in [0, 0.1) is 10.1 Å². The Balaban J connectivity index is 1.94. The van der Waals surface area contributed by atoms with Crippen molar-refractivity contribution in [1.29, 1.82) is 0 Å². The average Bonchev–Trinajstić information content (AvgIpc) is 2.88. The van der Waals surface area contributed by atoms with Crippen molar-refractivity contribution >= 4 is 23.5 Å². The van der Waals surface area contributed by atoms with Gasteiger partial charge in [-0.1, -0.05) is 6.42 Å². The number of carbonyl (C=O) groups excluding carboxylic acids is 3. The van der Waals surface area contributed by atoms with Gasteiger partial charge >= 0.3 is 5.97 Å². The highest BCUT2D eigenvalue weighted by molar-refractivity contribution is 5.98. The lowest BCUT2D eigenvalue weighted by molar-refractivity contribution is -0.384. The minimum Gasteiger partial charge on any atom is -0.465 e. The molecule has 27 heavy (non-hydrogen) atoms. The molecule has 0 radical (unpaired) electrons. The van der Waals surface area contributed by atoms with Gasteiger partial charge in [0.2, 0.25) is 5.91 Å². The third-order valence-electron chi connectivity index (χ3n) is 4.37. The Morgan fingerprint density at radius 1 is 1.22 bits per heavy atom. The second kappa shape index (κ2) is 9.65. The molecule has 0 aliphatic carbocycles. The zero-order chi connectivity index (χ0) is 19.8. The minimum absolute atomic E-state index is 0.00967. The van der Waals surface area contributed by atoms with Crippen LogP contribution in [-0.2, 0) is 9.53 Å². The van der Waals surface area contributed by atoms with E-state index in [1.807, 2.05) is 4.90 Å². The molecule has 146 valence electrons. The van der Waals surface area contributed by atoms with Crippen molar-refractivity contribution in [2.75, 3.05) is 26.7 Å². The number of nitro benzene ring substituents is 1. The van der Waals surface area contributed by atoms with Crippen LogP contribution in [0.3, 0.4) is 0 Å². The number of benzene rings is 1. The molecule has 0 saturated carbocycles. The van der Waals surface area contributed by atoms with Crippen molar-refractivity contribution in [1.82, 2.24) is 10.2 Å². The first-order valence-corrected chi connectivity index (χ1v) is 8.86. The van der Waals surface area contributed by atoms with Crippen molar-refractivity contribution in [2.24, 2.45) is 0 Å². The van der Waals surface area contributed by atoms with Crippen LogP contribution in [-0.4, -0.2) is 54.4 Å². The van der Waals surface area contributed by atoms with Crippen LogP contribution in [0.25, 0.3) is 0 Å². The molecule has 9 heteroatoms. The van der Waals surface area contributed by atoms with E-state index in [2.05, 4.69) is 10.1 Å². The Hall–Kier alpha value is -2.97. The SMILES string of the molecule is COC(=O)c1cc(C(=O)NCCCN2CCCCCC2=O)cc([N+](=O)[O-])c1. The van der Waals surface area contributed by atoms with Crippen LogP contribution in [0.5, 0.6) is 0 Å². The average molecular weight is 377 g/mol. The molecule has 1 fully saturated rings. The summed E-state index contributed by atoms with van der Waals surface area (Å²) < 4.78 is 4.56. The first-order valence-electron chi connectivity index (χ1n) is 8.86. The first-order chi connectivity index (χ1) is 12.9. The summed E-state index contributed by atoms with van der Waals surface area (Å²) in [6.45, 7) is 1.61. The number of likely N-dealkylation sites (tertiary alicyclic amines) is 1. The number of esters is 1. The molecule has 0 unspecified atom stereocenters. The lowest BCUT2D eigenvalue weighted by Crippen LogP contribution is -2.34. The standard InChI is InChI=1S/C18H23N3O6/c1-27-18(24)14-10-13(11-15(12-14)21(25)26)17(23)19-7-5-9-20-8-4-2-3-6-16(20)22/h10-12H,2-9H2,1H3,(H,19,23). The van der Waals surface area contributed by atoms with E-state index in [1.165, 1.54) is 6.07 Å². The van der Waals surface area contributed by atoms with Crippen LogP contribution in [0.4, 0.5) is 5.69 Å². The molecule has 1 saturated heterocycles. The number of nitrogens with one attached hydrogen (secondary N) is 1. The van der Waals surface area contributed by atoms with Crippen LogP contribution in [0.1, 0.15) is 52.8 Å². The van der Waals surface area contributed by atoms with Gasteiger partial charge in [-0.15, -0.1) is 0 Å². The number of rotatable bonds is 7. The Morgan fingerprint density at radius 2 is 1.96 bits per heavy atom. The van der Waals surface area contributed by atoms with Crippen LogP contribution >= 0.6 is 0 Å². The Morgan fingerprint density at radius 3 is 2.67 bits per heavy atom. The summed E-state index contributed by atoms with van der Waals surface area (Å²) in [4.78, 5) is 48.0. The minimum atomic E-state index is -0.757. The third-order valence-corrected chi connectivity index (χ3v) is 4.37. The Labute approximate surface area is 156 Å². The molecule has 1 aliphatic rings. The van der Waals surface area contributed by atoms with E-state index in [0.717, 1.165) is 45.0 Å². The maximum Gasteiger partial charge on any atom is 0.338 e. The predicted octanol–water partition coefficient (Wildman–Crippen LogP) is 1.90. The first kappa shape index (κ1) is 20.3. The summed E-state index contributed by atoms with van der Waals surface area (Å²) in [5.74, 6) is -1.14. The molecule has 9 nitrogen and oxygen atoms in total. The number of amides is 2. The largest absolute Gasteiger partial charge is 0.465 e. The zero-order valence-electron chi connectivity index (χ0n) is 15.2. The summed E-state index contributed by atoms with van der Waals surface area (Å²) in [6.07, 6.45) is 4.10. The van der Waals surface area contributed by atoms with Crippen LogP contribution in [0.15, 0.2) is 18.2 Å². The van der Waals surface area contributed by atoms with Gasteiger partial charge in [-0.05, 0) is 25.3 Å². The third kappa shape index (κ3) is 5.77. The van der Waals surface area contributed by atoms with Crippen molar-refractivity contribution in [3.63, 3.8) is 0 Å². The molecule has 2 rings (SSSR count). The highest BCUT2D eigenvalue weighted by Gasteiger charge is 2.19. The number of hydrogen-bond donors (Lipinski definition) is 1. The van der Waals surface area contributed by atoms with E-state index in [9.17, 15) is 24.5 Å². The number of ether oxygens (including phenoxy) is 1. The summed E-state index contributed by atoms with van der Waals surface area (Å²) >= 11 is 0. The fourth-order valence-electron chi connectivity index (χ4n) is 2.93. The lowest BCUT2D eigenvalue weighted by Gasteiger charge is -2.20. The maximum atomic E-state index is 12.3. The molecule has 0 aromatic heterocycles. The quantitative estimate of drug-likeness (QED) is 0.335. The van der Waals surface area contributed by atoms with Gasteiger partial charge in [0, 0.05) is 43.8 Å². The van der Waals surface area contributed by atoms with Gasteiger partial charge in [0.15, 0.2) is 0 Å². The molecular formula is C18H23N3O6. The summed E-state index contributed by atoms with van der Waals surface area (Å²) in [7, 11) is 1.16. The van der Waals surface area contributed by atoms with Gasteiger partial charge in [-0.2, -0.15) is 0 Å². The van der Waals surface area contributed by atoms with E-state index in [1.54, 1.807) is 0 Å². The second-order valence-electron chi connectivity index (χ2n) is 6.32. The van der Waals surface area contributed by atoms with Gasteiger partial charge in [-0.25, -0.2) is 4.79 Å². The van der Waals surface area contributed by atoms with Gasteiger partial charge in [-0.3, -0.25) is 19.7 Å². The number of hydrogen-bond acceptors (Lipinski definition) is 6. The van der Waals surface area contributed by atoms with Crippen LogP contribution in [0.2, 0.25) is 0 Å². The number of nitrogens with zero attached hydrogens (tertiary/aromatic N) is 2. The zero-order valence-corrected chi connectivity index (χ0v) is 15.2. The van der Waals surface area contributed by atoms with Gasteiger partial charge in [0.25, 0.3) is 11.6 Å². The molecule has 1 aliphatic heterocycles. The molecule has 0 spiro atoms. The van der Waals surface area contributed by atoms with E-state index in [-0.39, 0.29) is 22.7 Å². The Bertz CT molecular complexity index is 734. The van der Waals surface area contributed by atoms with E-state index < -0.39 is 16.8 Å². The van der Waals surface area contributed by atoms with E-state index >= 15 is 0 Å². The maximum absolute atomic E-state index is 12.3. The highest BCUT2D eigenvalue weighted by atomic mass is 16.6. The fraction of sp³-hybridized carbons (Fsp3) is 0.500. The van der Waals surface area contributed by atoms with Gasteiger partial charge in [0.05, 0.1) is 17.6 Å². The number of carbonyl (C=O) groups is 3. The van der Waals surface area contributed by atoms with Crippen molar-refractivity contribution in [3.05, 3.63) is 39.4 Å². The predicted molar refractivity (Wildman–Crippen MR) is 96.4 cm³/mol. The van der Waals surface area contributed by atoms with Crippen molar-refractivity contribution in [3.8, 4) is 0 Å². The molecule has 1 aromatic rings. The van der Waals surface area contributed by atoms with E-state index in [0.29, 0.717) is 25.9 Å². The second-order valence-corrected chi connectivity index (χ2v) is 6.32. The summed E-state index contributed by atoms with van der Waals surface area (Å²) in [5.41, 5.74) is -0.416. The smallest absolute Gasteiger partial charge is 0.338 e. The molecule has 2 amide bonds. The summed E-state index contributed by atoms with van der Waals surface area (Å²) in [5, 5.41) is 13.7. The molecule has 1 heterocycles. The lowest BCUT2D eigenvalue weighted by atomic mass is 10.1. The molecule has 1 aromatic carbocycles. The van der Waals surface area contributed by atoms with Gasteiger partial charge in [0.1, 0.15) is 0 Å². The van der Waals surface area contributed by atoms with Crippen LogP contribution < -0.4 is 5.32 Å². The Kier molecular flexibility index (Phi) is 7.27. The monoisotopic (exact) mass is 377 g/mol. The fourth-order valence-corrected chi connectivity index (χ4v) is 2.93. The molecule has 1 N–H and O–H groups in total. The normalized spacial score (nSPS) is 14.4. The highest BCUT2D eigenvalue weighted by Crippen LogP contribution is 2.18. The van der Waals surface area contributed by atoms with E-state index in [4.69, 9.17) is 0 Å². The molecule has 0 bridgehead atoms. The molecular weight excluding hydrogens is 354 g/mol. The number of nitro groups is 1. The molecule has 0 atom stereocenters. The number of non-ortho nitro benzene ring substituents is 1. The van der Waals surface area contributed by atoms with Crippen molar-refractivity contribution < 1.29 is 24.0 Å².